The van der Waals surface area contributed by atoms with Crippen LogP contribution in [-0.4, -0.2) is 29.6 Å². The topological polar surface area (TPSA) is 61.4 Å². The number of fused-ring (bicyclic) bond motifs is 2. The van der Waals surface area contributed by atoms with Crippen molar-refractivity contribution in [2.45, 2.75) is 57.2 Å². The van der Waals surface area contributed by atoms with E-state index in [4.69, 9.17) is 0 Å². The molecular weight excluding hydrogens is 276 g/mol. The molecule has 4 nitrogen and oxygen atoms in total. The lowest BCUT2D eigenvalue weighted by Gasteiger charge is -2.28. The molecule has 0 aliphatic carbocycles. The van der Waals surface area contributed by atoms with Crippen molar-refractivity contribution in [2.75, 3.05) is 6.54 Å². The van der Waals surface area contributed by atoms with E-state index in [1.165, 1.54) is 12.8 Å². The molecule has 0 saturated carbocycles. The third-order valence-corrected chi connectivity index (χ3v) is 5.08. The van der Waals surface area contributed by atoms with Gasteiger partial charge in [-0.2, -0.15) is 0 Å². The summed E-state index contributed by atoms with van der Waals surface area (Å²) in [6.07, 6.45) is 4.71. The largest absolute Gasteiger partial charge is 0.387 e. The van der Waals surface area contributed by atoms with Gasteiger partial charge in [0.1, 0.15) is 0 Å². The zero-order chi connectivity index (χ0) is 15.5. The van der Waals surface area contributed by atoms with Crippen LogP contribution < -0.4 is 10.6 Å². The predicted molar refractivity (Wildman–Crippen MR) is 86.4 cm³/mol. The summed E-state index contributed by atoms with van der Waals surface area (Å²) in [6.45, 7) is 2.27. The zero-order valence-electron chi connectivity index (χ0n) is 13.2. The molecule has 1 amide bonds. The molecule has 2 fully saturated rings. The van der Waals surface area contributed by atoms with Gasteiger partial charge in [-0.25, -0.2) is 0 Å². The molecule has 2 heterocycles. The normalized spacial score (nSPS) is 28.4. The SMILES string of the molecule is Cc1ccccc1C(O)CNC(=O)CC1CC2CCC(C1)N2. The Morgan fingerprint density at radius 1 is 1.32 bits per heavy atom. The number of aryl methyl sites for hydroxylation is 1. The van der Waals surface area contributed by atoms with Crippen LogP contribution in [0.4, 0.5) is 0 Å². The maximum atomic E-state index is 12.1. The number of aliphatic hydroxyl groups is 1. The molecule has 1 aromatic rings. The quantitative estimate of drug-likeness (QED) is 0.780. The van der Waals surface area contributed by atoms with Gasteiger partial charge in [0.15, 0.2) is 0 Å². The van der Waals surface area contributed by atoms with E-state index in [1.807, 2.05) is 31.2 Å². The van der Waals surface area contributed by atoms with Crippen molar-refractivity contribution in [3.8, 4) is 0 Å². The number of piperidine rings is 1. The first kappa shape index (κ1) is 15.5. The number of benzene rings is 1. The molecule has 2 aliphatic rings. The fourth-order valence-corrected chi connectivity index (χ4v) is 3.96. The average molecular weight is 302 g/mol. The minimum Gasteiger partial charge on any atom is -0.387 e. The van der Waals surface area contributed by atoms with Crippen molar-refractivity contribution in [1.29, 1.82) is 0 Å². The molecule has 22 heavy (non-hydrogen) atoms. The van der Waals surface area contributed by atoms with Crippen LogP contribution in [0.1, 0.15) is 49.3 Å². The van der Waals surface area contributed by atoms with E-state index in [1.54, 1.807) is 0 Å². The molecule has 4 heteroatoms. The number of carbonyl (C=O) groups is 1. The first-order chi connectivity index (χ1) is 10.6. The van der Waals surface area contributed by atoms with Crippen LogP contribution in [0, 0.1) is 12.8 Å². The van der Waals surface area contributed by atoms with Crippen molar-refractivity contribution >= 4 is 5.91 Å². The molecule has 0 spiro atoms. The van der Waals surface area contributed by atoms with Gasteiger partial charge in [-0.3, -0.25) is 4.79 Å². The van der Waals surface area contributed by atoms with Crippen LogP contribution in [0.15, 0.2) is 24.3 Å². The van der Waals surface area contributed by atoms with Gasteiger partial charge in [0, 0.05) is 25.0 Å². The molecule has 3 rings (SSSR count). The van der Waals surface area contributed by atoms with Crippen LogP contribution >= 0.6 is 0 Å². The van der Waals surface area contributed by atoms with Crippen LogP contribution in [0.25, 0.3) is 0 Å². The number of hydrogen-bond donors (Lipinski definition) is 3. The minimum atomic E-state index is -0.630. The molecule has 1 aromatic carbocycles. The minimum absolute atomic E-state index is 0.0685. The van der Waals surface area contributed by atoms with E-state index >= 15 is 0 Å². The maximum Gasteiger partial charge on any atom is 0.220 e. The average Bonchev–Trinajstić information content (AvgIpc) is 2.84. The predicted octanol–water partition coefficient (Wildman–Crippen LogP) is 2.07. The number of nitrogens with one attached hydrogen (secondary N) is 2. The first-order valence-electron chi connectivity index (χ1n) is 8.38. The Bertz CT molecular complexity index is 520. The molecule has 120 valence electrons. The van der Waals surface area contributed by atoms with Crippen LogP contribution in [-0.2, 0) is 4.79 Å². The molecule has 3 atom stereocenters. The third-order valence-electron chi connectivity index (χ3n) is 5.08. The first-order valence-corrected chi connectivity index (χ1v) is 8.38. The van der Waals surface area contributed by atoms with Gasteiger partial charge in [-0.15, -0.1) is 0 Å². The van der Waals surface area contributed by atoms with Crippen molar-refractivity contribution in [3.05, 3.63) is 35.4 Å². The van der Waals surface area contributed by atoms with Gasteiger partial charge < -0.3 is 15.7 Å². The Labute approximate surface area is 132 Å². The Kier molecular flexibility index (Phi) is 4.79. The lowest BCUT2D eigenvalue weighted by Crippen LogP contribution is -2.40. The molecule has 3 N–H and O–H groups in total. The van der Waals surface area contributed by atoms with Gasteiger partial charge in [0.2, 0.25) is 5.91 Å². The molecule has 2 aliphatic heterocycles. The second-order valence-corrected chi connectivity index (χ2v) is 6.86. The maximum absolute atomic E-state index is 12.1. The number of rotatable bonds is 5. The zero-order valence-corrected chi connectivity index (χ0v) is 13.2. The van der Waals surface area contributed by atoms with Gasteiger partial charge in [0.05, 0.1) is 6.10 Å². The Hall–Kier alpha value is -1.39. The van der Waals surface area contributed by atoms with Gasteiger partial charge in [0.25, 0.3) is 0 Å². The van der Waals surface area contributed by atoms with Crippen molar-refractivity contribution < 1.29 is 9.90 Å². The summed E-state index contributed by atoms with van der Waals surface area (Å²) in [6, 6.07) is 9.00. The summed E-state index contributed by atoms with van der Waals surface area (Å²) in [5.74, 6) is 0.563. The summed E-state index contributed by atoms with van der Waals surface area (Å²) in [5, 5.41) is 16.7. The smallest absolute Gasteiger partial charge is 0.220 e. The molecule has 0 aromatic heterocycles. The lowest BCUT2D eigenvalue weighted by molar-refractivity contribution is -0.122. The lowest BCUT2D eigenvalue weighted by atomic mass is 9.89. The molecular formula is C18H26N2O2. The number of hydrogen-bond acceptors (Lipinski definition) is 3. The summed E-state index contributed by atoms with van der Waals surface area (Å²) in [4.78, 5) is 12.1. The molecule has 2 bridgehead atoms. The summed E-state index contributed by atoms with van der Waals surface area (Å²) < 4.78 is 0. The highest BCUT2D eigenvalue weighted by molar-refractivity contribution is 5.76. The summed E-state index contributed by atoms with van der Waals surface area (Å²) in [5.41, 5.74) is 1.95. The third kappa shape index (κ3) is 3.68. The Morgan fingerprint density at radius 2 is 2.00 bits per heavy atom. The Morgan fingerprint density at radius 3 is 2.68 bits per heavy atom. The van der Waals surface area contributed by atoms with E-state index in [0.717, 1.165) is 24.0 Å². The van der Waals surface area contributed by atoms with Gasteiger partial charge in [-0.05, 0) is 49.7 Å². The van der Waals surface area contributed by atoms with E-state index in [-0.39, 0.29) is 5.91 Å². The van der Waals surface area contributed by atoms with Gasteiger partial charge in [-0.1, -0.05) is 24.3 Å². The fourth-order valence-electron chi connectivity index (χ4n) is 3.96. The molecule has 3 unspecified atom stereocenters. The van der Waals surface area contributed by atoms with Crippen molar-refractivity contribution in [2.24, 2.45) is 5.92 Å². The summed E-state index contributed by atoms with van der Waals surface area (Å²) >= 11 is 0. The summed E-state index contributed by atoms with van der Waals surface area (Å²) in [7, 11) is 0. The fraction of sp³-hybridized carbons (Fsp3) is 0.611. The Balaban J connectivity index is 1.45. The number of aliphatic hydroxyl groups excluding tert-OH is 1. The highest BCUT2D eigenvalue weighted by Crippen LogP contribution is 2.32. The highest BCUT2D eigenvalue weighted by atomic mass is 16.3. The van der Waals surface area contributed by atoms with Crippen LogP contribution in [0.5, 0.6) is 0 Å². The van der Waals surface area contributed by atoms with Crippen LogP contribution in [0.3, 0.4) is 0 Å². The van der Waals surface area contributed by atoms with E-state index in [2.05, 4.69) is 10.6 Å². The van der Waals surface area contributed by atoms with Crippen molar-refractivity contribution in [1.82, 2.24) is 10.6 Å². The second kappa shape index (κ2) is 6.80. The van der Waals surface area contributed by atoms with Crippen molar-refractivity contribution in [3.63, 3.8) is 0 Å². The second-order valence-electron chi connectivity index (χ2n) is 6.86. The van der Waals surface area contributed by atoms with E-state index in [9.17, 15) is 9.90 Å². The molecule has 2 saturated heterocycles. The van der Waals surface area contributed by atoms with E-state index < -0.39 is 6.10 Å². The van der Waals surface area contributed by atoms with E-state index in [0.29, 0.717) is 31.0 Å². The number of amides is 1. The van der Waals surface area contributed by atoms with Crippen LogP contribution in [0.2, 0.25) is 0 Å². The standard InChI is InChI=1S/C18H26N2O2/c1-12-4-2-3-5-16(12)17(21)11-19-18(22)10-13-8-14-6-7-15(9-13)20-14/h2-5,13-15,17,20-21H,6-11H2,1H3,(H,19,22). The monoisotopic (exact) mass is 302 g/mol. The van der Waals surface area contributed by atoms with Gasteiger partial charge >= 0.3 is 0 Å². The highest BCUT2D eigenvalue weighted by Gasteiger charge is 2.34. The molecule has 0 radical (unpaired) electrons. The number of carbonyl (C=O) groups excluding carboxylic acids is 1.